The zero-order chi connectivity index (χ0) is 19.8. The largest absolute Gasteiger partial charge is 0.395 e. The summed E-state index contributed by atoms with van der Waals surface area (Å²) in [6.45, 7) is -0.0491. The van der Waals surface area contributed by atoms with E-state index in [1.54, 1.807) is 36.2 Å². The lowest BCUT2D eigenvalue weighted by atomic mass is 10.1. The van der Waals surface area contributed by atoms with Crippen LogP contribution < -0.4 is 15.5 Å². The number of nitrogens with one attached hydrogen (secondary N) is 2. The van der Waals surface area contributed by atoms with Crippen molar-refractivity contribution in [2.24, 2.45) is 0 Å². The maximum Gasteiger partial charge on any atom is 0.239 e. The summed E-state index contributed by atoms with van der Waals surface area (Å²) in [5, 5.41) is 24.9. The Labute approximate surface area is 167 Å². The summed E-state index contributed by atoms with van der Waals surface area (Å²) in [5.74, 6) is 0.308. The summed E-state index contributed by atoms with van der Waals surface area (Å²) in [5.41, 5.74) is 0.700. The van der Waals surface area contributed by atoms with Crippen LogP contribution in [0.2, 0.25) is 10.0 Å². The van der Waals surface area contributed by atoms with Crippen LogP contribution in [0.1, 0.15) is 11.6 Å². The van der Waals surface area contributed by atoms with E-state index in [0.29, 0.717) is 28.9 Å². The van der Waals surface area contributed by atoms with E-state index in [0.717, 1.165) is 0 Å². The summed E-state index contributed by atoms with van der Waals surface area (Å²) in [4.78, 5) is 22.2. The third kappa shape index (κ3) is 6.21. The van der Waals surface area contributed by atoms with Gasteiger partial charge >= 0.3 is 0 Å². The van der Waals surface area contributed by atoms with Gasteiger partial charge in [0.25, 0.3) is 0 Å². The predicted octanol–water partition coefficient (Wildman–Crippen LogP) is 1.47. The molecule has 1 unspecified atom stereocenters. The second-order valence-electron chi connectivity index (χ2n) is 5.72. The molecule has 0 radical (unpaired) electrons. The molecule has 4 N–H and O–H groups in total. The number of benzene rings is 1. The van der Waals surface area contributed by atoms with Gasteiger partial charge in [-0.3, -0.25) is 4.79 Å². The van der Waals surface area contributed by atoms with Crippen molar-refractivity contribution in [3.63, 3.8) is 0 Å². The van der Waals surface area contributed by atoms with Crippen LogP contribution in [0, 0.1) is 0 Å². The van der Waals surface area contributed by atoms with Crippen LogP contribution in [0.15, 0.2) is 30.5 Å². The van der Waals surface area contributed by atoms with E-state index in [1.807, 2.05) is 0 Å². The molecule has 0 spiro atoms. The molecular formula is C17H21Cl2N5O3. The maximum absolute atomic E-state index is 12.2. The highest BCUT2D eigenvalue weighted by molar-refractivity contribution is 6.32. The summed E-state index contributed by atoms with van der Waals surface area (Å²) in [6.07, 6.45) is 1.42. The number of carbonyl (C=O) groups is 1. The number of likely N-dealkylation sites (N-methyl/N-ethyl adjacent to an activating group) is 1. The van der Waals surface area contributed by atoms with Gasteiger partial charge in [-0.25, -0.2) is 4.98 Å². The standard InChI is InChI=1S/C17H21Cl2N5O3/c1-24(5-6-25)17-21-8-13(19)16(23-17)20-9-15(27)22-14(10-26)11-3-2-4-12(18)7-11/h2-4,7-8,14,25-26H,5-6,9-10H2,1H3,(H,22,27)(H,20,21,23). The number of hydrogen-bond acceptors (Lipinski definition) is 7. The zero-order valence-electron chi connectivity index (χ0n) is 14.7. The molecule has 1 aromatic carbocycles. The Morgan fingerprint density at radius 1 is 1.33 bits per heavy atom. The molecule has 2 aromatic rings. The van der Waals surface area contributed by atoms with Gasteiger partial charge in [0, 0.05) is 18.6 Å². The van der Waals surface area contributed by atoms with Crippen LogP contribution in [0.5, 0.6) is 0 Å². The van der Waals surface area contributed by atoms with Crippen molar-refractivity contribution in [2.75, 3.05) is 43.6 Å². The molecule has 0 saturated carbocycles. The Balaban J connectivity index is 1.99. The van der Waals surface area contributed by atoms with Gasteiger partial charge in [-0.2, -0.15) is 4.98 Å². The van der Waals surface area contributed by atoms with E-state index in [2.05, 4.69) is 20.6 Å². The third-order valence-electron chi connectivity index (χ3n) is 3.69. The quantitative estimate of drug-likeness (QED) is 0.492. The average molecular weight is 414 g/mol. The normalized spacial score (nSPS) is 11.7. The minimum absolute atomic E-state index is 0.0420. The van der Waals surface area contributed by atoms with E-state index in [1.165, 1.54) is 6.20 Å². The molecule has 0 aliphatic carbocycles. The predicted molar refractivity (Wildman–Crippen MR) is 105 cm³/mol. The fourth-order valence-electron chi connectivity index (χ4n) is 2.28. The number of halogens is 2. The summed E-state index contributed by atoms with van der Waals surface area (Å²) in [7, 11) is 1.73. The van der Waals surface area contributed by atoms with Crippen LogP contribution in [0.4, 0.5) is 11.8 Å². The van der Waals surface area contributed by atoms with E-state index < -0.39 is 6.04 Å². The van der Waals surface area contributed by atoms with Crippen molar-refractivity contribution < 1.29 is 15.0 Å². The minimum atomic E-state index is -0.579. The third-order valence-corrected chi connectivity index (χ3v) is 4.21. The molecule has 0 aliphatic heterocycles. The van der Waals surface area contributed by atoms with E-state index >= 15 is 0 Å². The fraction of sp³-hybridized carbons (Fsp3) is 0.353. The van der Waals surface area contributed by atoms with Crippen LogP contribution >= 0.6 is 23.2 Å². The molecule has 10 heteroatoms. The van der Waals surface area contributed by atoms with Gasteiger partial charge in [0.05, 0.1) is 32.0 Å². The Morgan fingerprint density at radius 3 is 2.78 bits per heavy atom. The lowest BCUT2D eigenvalue weighted by molar-refractivity contribution is -0.120. The van der Waals surface area contributed by atoms with E-state index in [4.69, 9.17) is 28.3 Å². The van der Waals surface area contributed by atoms with E-state index in [9.17, 15) is 9.90 Å². The van der Waals surface area contributed by atoms with Gasteiger partial charge in [0.1, 0.15) is 5.02 Å². The van der Waals surface area contributed by atoms with Crippen LogP contribution in [0.25, 0.3) is 0 Å². The Bertz CT molecular complexity index is 778. The molecule has 27 heavy (non-hydrogen) atoms. The Kier molecular flexibility index (Phi) is 8.05. The van der Waals surface area contributed by atoms with Crippen LogP contribution in [0.3, 0.4) is 0 Å². The van der Waals surface area contributed by atoms with Crippen molar-refractivity contribution >= 4 is 40.9 Å². The molecule has 146 valence electrons. The summed E-state index contributed by atoms with van der Waals surface area (Å²) < 4.78 is 0. The van der Waals surface area contributed by atoms with Gasteiger partial charge in [-0.05, 0) is 17.7 Å². The van der Waals surface area contributed by atoms with Crippen molar-refractivity contribution in [3.05, 3.63) is 46.1 Å². The number of aliphatic hydroxyl groups excluding tert-OH is 2. The number of aliphatic hydroxyl groups is 2. The highest BCUT2D eigenvalue weighted by Gasteiger charge is 2.15. The fourth-order valence-corrected chi connectivity index (χ4v) is 2.64. The molecule has 2 rings (SSSR count). The summed E-state index contributed by atoms with van der Waals surface area (Å²) >= 11 is 12.0. The molecule has 0 fully saturated rings. The maximum atomic E-state index is 12.2. The highest BCUT2D eigenvalue weighted by Crippen LogP contribution is 2.21. The second-order valence-corrected chi connectivity index (χ2v) is 6.57. The Morgan fingerprint density at radius 2 is 2.11 bits per heavy atom. The number of amides is 1. The molecule has 1 atom stereocenters. The number of anilines is 2. The summed E-state index contributed by atoms with van der Waals surface area (Å²) in [6, 6.07) is 6.33. The first-order valence-corrected chi connectivity index (χ1v) is 8.94. The number of nitrogens with zero attached hydrogens (tertiary/aromatic N) is 3. The average Bonchev–Trinajstić information content (AvgIpc) is 2.65. The van der Waals surface area contributed by atoms with Crippen molar-refractivity contribution in [1.29, 1.82) is 0 Å². The van der Waals surface area contributed by atoms with Crippen LogP contribution in [-0.4, -0.2) is 59.4 Å². The molecule has 1 aromatic heterocycles. The van der Waals surface area contributed by atoms with Gasteiger partial charge < -0.3 is 25.7 Å². The SMILES string of the molecule is CN(CCO)c1ncc(Cl)c(NCC(=O)NC(CO)c2cccc(Cl)c2)n1. The van der Waals surface area contributed by atoms with Crippen LogP contribution in [-0.2, 0) is 4.79 Å². The smallest absolute Gasteiger partial charge is 0.239 e. The molecule has 1 heterocycles. The molecule has 8 nitrogen and oxygen atoms in total. The second kappa shape index (κ2) is 10.3. The van der Waals surface area contributed by atoms with Crippen molar-refractivity contribution in [2.45, 2.75) is 6.04 Å². The van der Waals surface area contributed by atoms with E-state index in [-0.39, 0.29) is 30.7 Å². The first-order chi connectivity index (χ1) is 12.9. The van der Waals surface area contributed by atoms with Gasteiger partial charge in [0.2, 0.25) is 11.9 Å². The lowest BCUT2D eigenvalue weighted by Gasteiger charge is -2.18. The van der Waals surface area contributed by atoms with Gasteiger partial charge in [-0.15, -0.1) is 0 Å². The number of hydrogen-bond donors (Lipinski definition) is 4. The Hall–Kier alpha value is -2.13. The van der Waals surface area contributed by atoms with Crippen molar-refractivity contribution in [1.82, 2.24) is 15.3 Å². The van der Waals surface area contributed by atoms with Gasteiger partial charge in [0.15, 0.2) is 5.82 Å². The van der Waals surface area contributed by atoms with Gasteiger partial charge in [-0.1, -0.05) is 35.3 Å². The minimum Gasteiger partial charge on any atom is -0.395 e. The monoisotopic (exact) mass is 413 g/mol. The van der Waals surface area contributed by atoms with Crippen molar-refractivity contribution in [3.8, 4) is 0 Å². The molecular weight excluding hydrogens is 393 g/mol. The topological polar surface area (TPSA) is 111 Å². The zero-order valence-corrected chi connectivity index (χ0v) is 16.2. The molecule has 1 amide bonds. The number of rotatable bonds is 9. The first-order valence-electron chi connectivity index (χ1n) is 8.18. The molecule has 0 aliphatic rings. The first kappa shape index (κ1) is 21.2. The number of carbonyl (C=O) groups excluding carboxylic acids is 1. The molecule has 0 bridgehead atoms. The highest BCUT2D eigenvalue weighted by atomic mass is 35.5. The number of aromatic nitrogens is 2. The lowest BCUT2D eigenvalue weighted by Crippen LogP contribution is -2.35. The molecule has 0 saturated heterocycles.